The monoisotopic (exact) mass is 461 g/mol. The van der Waals surface area contributed by atoms with Crippen LogP contribution in [0, 0.1) is 13.8 Å². The highest BCUT2D eigenvalue weighted by atomic mass is 32.2. The van der Waals surface area contributed by atoms with E-state index in [1.165, 1.54) is 28.4 Å². The molecule has 162 valence electrons. The summed E-state index contributed by atoms with van der Waals surface area (Å²) in [5.74, 6) is -0.150. The fourth-order valence-corrected chi connectivity index (χ4v) is 5.24. The molecule has 0 saturated heterocycles. The van der Waals surface area contributed by atoms with Crippen LogP contribution in [0.2, 0.25) is 0 Å². The number of para-hydroxylation sites is 2. The van der Waals surface area contributed by atoms with E-state index in [4.69, 9.17) is 4.74 Å². The zero-order valence-electron chi connectivity index (χ0n) is 18.1. The van der Waals surface area contributed by atoms with Gasteiger partial charge >= 0.3 is 0 Å². The zero-order valence-corrected chi connectivity index (χ0v) is 19.8. The van der Waals surface area contributed by atoms with Crippen LogP contribution in [-0.4, -0.2) is 18.4 Å². The summed E-state index contributed by atoms with van der Waals surface area (Å²) < 4.78 is 5.70. The number of rotatable bonds is 7. The summed E-state index contributed by atoms with van der Waals surface area (Å²) in [4.78, 5) is 31.0. The molecule has 0 N–H and O–H groups in total. The van der Waals surface area contributed by atoms with E-state index in [1.54, 1.807) is 18.2 Å². The van der Waals surface area contributed by atoms with Crippen molar-refractivity contribution in [3.63, 3.8) is 0 Å². The lowest BCUT2D eigenvalue weighted by atomic mass is 10.2. The molecule has 0 unspecified atom stereocenters. The number of ether oxygens (including phenoxy) is 1. The van der Waals surface area contributed by atoms with E-state index in [9.17, 15) is 9.59 Å². The van der Waals surface area contributed by atoms with Crippen LogP contribution in [0.15, 0.2) is 92.4 Å². The Kier molecular flexibility index (Phi) is 6.72. The normalized spacial score (nSPS) is 13.8. The molecule has 3 aromatic carbocycles. The molecule has 4 rings (SSSR count). The number of carbonyl (C=O) groups is 2. The SMILES string of the molecule is CCOc1ccccc1N1C(=O)C(Sc2ccc(C)cc2)=C(Sc2ccc(C)cc2)C1=O. The molecule has 3 aromatic rings. The Morgan fingerprint density at radius 3 is 1.66 bits per heavy atom. The van der Waals surface area contributed by atoms with Gasteiger partial charge in [0.15, 0.2) is 0 Å². The van der Waals surface area contributed by atoms with E-state index in [-0.39, 0.29) is 11.8 Å². The van der Waals surface area contributed by atoms with Crippen LogP contribution in [0.3, 0.4) is 0 Å². The molecule has 2 amide bonds. The molecular weight excluding hydrogens is 438 g/mol. The van der Waals surface area contributed by atoms with Crippen molar-refractivity contribution in [2.45, 2.75) is 30.6 Å². The summed E-state index contributed by atoms with van der Waals surface area (Å²) in [6.45, 7) is 6.35. The second-order valence-corrected chi connectivity index (χ2v) is 9.50. The lowest BCUT2D eigenvalue weighted by Gasteiger charge is -2.18. The van der Waals surface area contributed by atoms with E-state index in [0.717, 1.165) is 20.9 Å². The molecule has 0 radical (unpaired) electrons. The third kappa shape index (κ3) is 4.61. The van der Waals surface area contributed by atoms with Crippen molar-refractivity contribution in [2.24, 2.45) is 0 Å². The lowest BCUT2D eigenvalue weighted by molar-refractivity contribution is -0.120. The van der Waals surface area contributed by atoms with E-state index in [0.29, 0.717) is 27.9 Å². The summed E-state index contributed by atoms with van der Waals surface area (Å²) in [5, 5.41) is 0. The van der Waals surface area contributed by atoms with Gasteiger partial charge < -0.3 is 4.74 Å². The van der Waals surface area contributed by atoms with E-state index < -0.39 is 0 Å². The molecule has 1 aliphatic heterocycles. The summed E-state index contributed by atoms with van der Waals surface area (Å²) in [6, 6.07) is 23.0. The zero-order chi connectivity index (χ0) is 22.7. The molecule has 0 aromatic heterocycles. The van der Waals surface area contributed by atoms with Crippen LogP contribution in [-0.2, 0) is 9.59 Å². The minimum Gasteiger partial charge on any atom is -0.492 e. The van der Waals surface area contributed by atoms with Crippen molar-refractivity contribution >= 4 is 41.0 Å². The smallest absolute Gasteiger partial charge is 0.273 e. The van der Waals surface area contributed by atoms with Crippen molar-refractivity contribution in [3.8, 4) is 5.75 Å². The van der Waals surface area contributed by atoms with Gasteiger partial charge in [0, 0.05) is 9.79 Å². The highest BCUT2D eigenvalue weighted by Crippen LogP contribution is 2.45. The van der Waals surface area contributed by atoms with Crippen molar-refractivity contribution in [1.29, 1.82) is 0 Å². The maximum Gasteiger partial charge on any atom is 0.273 e. The van der Waals surface area contributed by atoms with Gasteiger partial charge in [-0.15, -0.1) is 0 Å². The molecule has 0 saturated carbocycles. The second kappa shape index (κ2) is 9.67. The average molecular weight is 462 g/mol. The van der Waals surface area contributed by atoms with Crippen molar-refractivity contribution < 1.29 is 14.3 Å². The van der Waals surface area contributed by atoms with Crippen molar-refractivity contribution in [2.75, 3.05) is 11.5 Å². The number of aryl methyl sites for hydroxylation is 2. The fraction of sp³-hybridized carbons (Fsp3) is 0.154. The number of anilines is 1. The van der Waals surface area contributed by atoms with Crippen LogP contribution >= 0.6 is 23.5 Å². The predicted octanol–water partition coefficient (Wildman–Crippen LogP) is 6.37. The molecular formula is C26H23NO3S2. The van der Waals surface area contributed by atoms with Gasteiger partial charge in [-0.05, 0) is 57.2 Å². The van der Waals surface area contributed by atoms with Gasteiger partial charge in [0.05, 0.1) is 22.1 Å². The number of hydrogen-bond acceptors (Lipinski definition) is 5. The standard InChI is InChI=1S/C26H23NO3S2/c1-4-30-22-8-6-5-7-21(22)27-25(28)23(31-19-13-9-17(2)10-14-19)24(26(27)29)32-20-15-11-18(3)12-16-20/h5-16H,4H2,1-3H3. The molecule has 6 heteroatoms. The number of hydrogen-bond donors (Lipinski definition) is 0. The largest absolute Gasteiger partial charge is 0.492 e. The molecule has 4 nitrogen and oxygen atoms in total. The quantitative estimate of drug-likeness (QED) is 0.383. The Labute approximate surface area is 196 Å². The van der Waals surface area contributed by atoms with Crippen molar-refractivity contribution in [3.05, 3.63) is 93.7 Å². The Balaban J connectivity index is 1.75. The molecule has 0 bridgehead atoms. The van der Waals surface area contributed by atoms with Crippen LogP contribution in [0.5, 0.6) is 5.75 Å². The molecule has 1 aliphatic rings. The average Bonchev–Trinajstić information content (AvgIpc) is 3.01. The number of thioether (sulfide) groups is 2. The first-order valence-electron chi connectivity index (χ1n) is 10.3. The summed E-state index contributed by atoms with van der Waals surface area (Å²) in [6.07, 6.45) is 0. The van der Waals surface area contributed by atoms with E-state index in [1.807, 2.05) is 75.4 Å². The maximum absolute atomic E-state index is 13.6. The minimum atomic E-state index is -0.331. The Bertz CT molecular complexity index is 1110. The maximum atomic E-state index is 13.6. The molecule has 1 heterocycles. The van der Waals surface area contributed by atoms with Crippen LogP contribution in [0.4, 0.5) is 5.69 Å². The van der Waals surface area contributed by atoms with Gasteiger partial charge in [-0.3, -0.25) is 9.59 Å². The second-order valence-electron chi connectivity index (χ2n) is 7.33. The number of carbonyl (C=O) groups excluding carboxylic acids is 2. The van der Waals surface area contributed by atoms with Gasteiger partial charge in [-0.2, -0.15) is 0 Å². The van der Waals surface area contributed by atoms with Gasteiger partial charge in [0.1, 0.15) is 5.75 Å². The summed E-state index contributed by atoms with van der Waals surface area (Å²) in [7, 11) is 0. The highest BCUT2D eigenvalue weighted by Gasteiger charge is 2.41. The third-order valence-electron chi connectivity index (χ3n) is 4.89. The van der Waals surface area contributed by atoms with Crippen molar-refractivity contribution in [1.82, 2.24) is 0 Å². The number of nitrogens with zero attached hydrogens (tertiary/aromatic N) is 1. The summed E-state index contributed by atoms with van der Waals surface area (Å²) >= 11 is 2.65. The van der Waals surface area contributed by atoms with E-state index >= 15 is 0 Å². The van der Waals surface area contributed by atoms with Crippen LogP contribution < -0.4 is 9.64 Å². The van der Waals surface area contributed by atoms with Crippen LogP contribution in [0.1, 0.15) is 18.1 Å². The minimum absolute atomic E-state index is 0.331. The van der Waals surface area contributed by atoms with Gasteiger partial charge in [0.2, 0.25) is 0 Å². The number of benzene rings is 3. The molecule has 0 aliphatic carbocycles. The van der Waals surface area contributed by atoms with E-state index in [2.05, 4.69) is 0 Å². The Hall–Kier alpha value is -2.96. The molecule has 0 fully saturated rings. The van der Waals surface area contributed by atoms with Gasteiger partial charge in [-0.25, -0.2) is 4.90 Å². The number of amides is 2. The first-order valence-corrected chi connectivity index (χ1v) is 11.9. The lowest BCUT2D eigenvalue weighted by Crippen LogP contribution is -2.31. The first-order chi connectivity index (χ1) is 15.5. The van der Waals surface area contributed by atoms with Crippen LogP contribution in [0.25, 0.3) is 0 Å². The fourth-order valence-electron chi connectivity index (χ4n) is 3.26. The predicted molar refractivity (Wildman–Crippen MR) is 131 cm³/mol. The molecule has 0 spiro atoms. The van der Waals surface area contributed by atoms with Gasteiger partial charge in [-0.1, -0.05) is 71.0 Å². The molecule has 0 atom stereocenters. The topological polar surface area (TPSA) is 46.6 Å². The Morgan fingerprint density at radius 1 is 0.719 bits per heavy atom. The number of imide groups is 1. The Morgan fingerprint density at radius 2 is 1.19 bits per heavy atom. The highest BCUT2D eigenvalue weighted by molar-refractivity contribution is 8.08. The van der Waals surface area contributed by atoms with Gasteiger partial charge in [0.25, 0.3) is 11.8 Å². The summed E-state index contributed by atoms with van der Waals surface area (Å²) in [5.41, 5.74) is 2.74. The molecule has 32 heavy (non-hydrogen) atoms. The third-order valence-corrected chi connectivity index (χ3v) is 7.20. The first kappa shape index (κ1) is 22.2.